The van der Waals surface area contributed by atoms with Gasteiger partial charge in [0, 0.05) is 14.1 Å². The summed E-state index contributed by atoms with van der Waals surface area (Å²) in [6, 6.07) is -2.24. The summed E-state index contributed by atoms with van der Waals surface area (Å²) in [6.07, 6.45) is -4.32. The average Bonchev–Trinajstić information content (AvgIpc) is 2.15. The number of urea groups is 1. The van der Waals surface area contributed by atoms with E-state index in [-0.39, 0.29) is 6.54 Å². The molecule has 1 saturated heterocycles. The number of hydrogen-bond donors (Lipinski definition) is 0. The van der Waals surface area contributed by atoms with E-state index >= 15 is 0 Å². The van der Waals surface area contributed by atoms with Crippen LogP contribution in [-0.2, 0) is 0 Å². The van der Waals surface area contributed by atoms with E-state index in [0.717, 1.165) is 11.9 Å². The number of amides is 2. The van der Waals surface area contributed by atoms with Gasteiger partial charge in [0.25, 0.3) is 0 Å². The van der Waals surface area contributed by atoms with Crippen molar-refractivity contribution in [2.75, 3.05) is 20.6 Å². The molecular weight excluding hydrogens is 173 g/mol. The predicted octanol–water partition coefficient (Wildman–Crippen LogP) is 0.914. The van der Waals surface area contributed by atoms with E-state index in [0.29, 0.717) is 4.90 Å². The molecule has 0 saturated carbocycles. The minimum atomic E-state index is -4.32. The van der Waals surface area contributed by atoms with Crippen LogP contribution < -0.4 is 0 Å². The van der Waals surface area contributed by atoms with E-state index in [4.69, 9.17) is 0 Å². The fourth-order valence-corrected chi connectivity index (χ4v) is 1.19. The summed E-state index contributed by atoms with van der Waals surface area (Å²) in [6.45, 7) is -0.279. The van der Waals surface area contributed by atoms with Gasteiger partial charge in [-0.3, -0.25) is 0 Å². The van der Waals surface area contributed by atoms with Crippen LogP contribution in [0.4, 0.5) is 18.0 Å². The molecule has 0 aromatic carbocycles. The van der Waals surface area contributed by atoms with Crippen molar-refractivity contribution in [1.82, 2.24) is 9.80 Å². The summed E-state index contributed by atoms with van der Waals surface area (Å²) < 4.78 is 36.4. The Kier molecular flexibility index (Phi) is 1.93. The number of alkyl halides is 3. The Hall–Kier alpha value is -0.940. The molecule has 70 valence electrons. The lowest BCUT2D eigenvalue weighted by atomic mass is 10.3. The van der Waals surface area contributed by atoms with Crippen molar-refractivity contribution >= 4 is 6.03 Å². The number of carbonyl (C=O) groups is 1. The van der Waals surface area contributed by atoms with Crippen LogP contribution in [-0.4, -0.2) is 48.7 Å². The first-order valence-electron chi connectivity index (χ1n) is 3.38. The highest BCUT2D eigenvalue weighted by Gasteiger charge is 2.49. The maximum Gasteiger partial charge on any atom is 0.410 e. The van der Waals surface area contributed by atoms with Crippen molar-refractivity contribution < 1.29 is 18.0 Å². The molecule has 1 aliphatic rings. The third kappa shape index (κ3) is 1.33. The molecule has 0 radical (unpaired) electrons. The lowest BCUT2D eigenvalue weighted by Crippen LogP contribution is -2.41. The van der Waals surface area contributed by atoms with Crippen molar-refractivity contribution in [3.8, 4) is 0 Å². The Bertz CT molecular complexity index is 203. The zero-order valence-corrected chi connectivity index (χ0v) is 6.72. The number of nitrogens with zero attached hydrogens (tertiary/aromatic N) is 2. The summed E-state index contributed by atoms with van der Waals surface area (Å²) in [5.74, 6) is 0. The number of rotatable bonds is 0. The molecule has 1 unspecified atom stereocenters. The molecule has 1 aliphatic heterocycles. The number of halogens is 3. The smallest absolute Gasteiger partial charge is 0.325 e. The van der Waals surface area contributed by atoms with Crippen molar-refractivity contribution in [2.24, 2.45) is 0 Å². The highest BCUT2D eigenvalue weighted by Crippen LogP contribution is 2.28. The van der Waals surface area contributed by atoms with Crippen molar-refractivity contribution in [2.45, 2.75) is 12.2 Å². The zero-order valence-electron chi connectivity index (χ0n) is 6.72. The maximum atomic E-state index is 12.1. The number of likely N-dealkylation sites (N-methyl/N-ethyl adjacent to an activating group) is 2. The van der Waals surface area contributed by atoms with Crippen LogP contribution in [0.3, 0.4) is 0 Å². The lowest BCUT2D eigenvalue weighted by molar-refractivity contribution is -0.166. The topological polar surface area (TPSA) is 23.6 Å². The summed E-state index contributed by atoms with van der Waals surface area (Å²) >= 11 is 0. The molecule has 0 aliphatic carbocycles. The van der Waals surface area contributed by atoms with Crippen molar-refractivity contribution in [3.05, 3.63) is 0 Å². The van der Waals surface area contributed by atoms with E-state index < -0.39 is 18.2 Å². The van der Waals surface area contributed by atoms with Crippen LogP contribution in [0.25, 0.3) is 0 Å². The molecule has 0 N–H and O–H groups in total. The molecule has 0 aromatic heterocycles. The summed E-state index contributed by atoms with van der Waals surface area (Å²) in [4.78, 5) is 12.7. The van der Waals surface area contributed by atoms with E-state index in [1.54, 1.807) is 0 Å². The Morgan fingerprint density at radius 3 is 2.08 bits per heavy atom. The molecule has 0 spiro atoms. The van der Waals surface area contributed by atoms with Gasteiger partial charge in [-0.05, 0) is 0 Å². The molecule has 6 heteroatoms. The molecule has 1 atom stereocenters. The molecule has 1 heterocycles. The fraction of sp³-hybridized carbons (Fsp3) is 0.833. The van der Waals surface area contributed by atoms with E-state index in [1.807, 2.05) is 0 Å². The Morgan fingerprint density at radius 2 is 1.92 bits per heavy atom. The minimum absolute atomic E-state index is 0.279. The molecule has 3 nitrogen and oxygen atoms in total. The minimum Gasteiger partial charge on any atom is -0.325 e. The van der Waals surface area contributed by atoms with Gasteiger partial charge >= 0.3 is 12.2 Å². The SMILES string of the molecule is CN1CC(C(F)(F)F)N(C)C1=O. The van der Waals surface area contributed by atoms with Gasteiger partial charge in [-0.15, -0.1) is 0 Å². The first-order valence-corrected chi connectivity index (χ1v) is 3.38. The largest absolute Gasteiger partial charge is 0.410 e. The Balaban J connectivity index is 2.78. The van der Waals surface area contributed by atoms with E-state index in [9.17, 15) is 18.0 Å². The molecule has 0 bridgehead atoms. The molecule has 2 amide bonds. The first kappa shape index (κ1) is 9.15. The van der Waals surface area contributed by atoms with Gasteiger partial charge < -0.3 is 9.80 Å². The molecule has 1 rings (SSSR count). The van der Waals surface area contributed by atoms with Crippen LogP contribution in [0.2, 0.25) is 0 Å². The van der Waals surface area contributed by atoms with E-state index in [2.05, 4.69) is 0 Å². The summed E-state index contributed by atoms with van der Waals surface area (Å²) in [5, 5.41) is 0. The highest BCUT2D eigenvalue weighted by atomic mass is 19.4. The van der Waals surface area contributed by atoms with E-state index in [1.165, 1.54) is 7.05 Å². The highest BCUT2D eigenvalue weighted by molar-refractivity contribution is 5.76. The second-order valence-electron chi connectivity index (χ2n) is 2.83. The summed E-state index contributed by atoms with van der Waals surface area (Å²) in [7, 11) is 2.51. The van der Waals surface area contributed by atoms with Gasteiger partial charge in [-0.2, -0.15) is 13.2 Å². The van der Waals surface area contributed by atoms with Gasteiger partial charge in [-0.25, -0.2) is 4.79 Å². The van der Waals surface area contributed by atoms with Crippen LogP contribution >= 0.6 is 0 Å². The van der Waals surface area contributed by atoms with Crippen LogP contribution in [0.1, 0.15) is 0 Å². The molecular formula is C6H9F3N2O. The quantitative estimate of drug-likeness (QED) is 0.546. The lowest BCUT2D eigenvalue weighted by Gasteiger charge is -2.20. The second-order valence-corrected chi connectivity index (χ2v) is 2.83. The fourth-order valence-electron chi connectivity index (χ4n) is 1.19. The van der Waals surface area contributed by atoms with Crippen molar-refractivity contribution in [1.29, 1.82) is 0 Å². The third-order valence-corrected chi connectivity index (χ3v) is 1.92. The third-order valence-electron chi connectivity index (χ3n) is 1.92. The van der Waals surface area contributed by atoms with Gasteiger partial charge in [0.1, 0.15) is 6.04 Å². The average molecular weight is 182 g/mol. The van der Waals surface area contributed by atoms with Crippen LogP contribution in [0.15, 0.2) is 0 Å². The Labute approximate surface area is 67.7 Å². The van der Waals surface area contributed by atoms with Gasteiger partial charge in [0.15, 0.2) is 0 Å². The number of carbonyl (C=O) groups excluding carboxylic acids is 1. The Morgan fingerprint density at radius 1 is 1.42 bits per heavy atom. The first-order chi connectivity index (χ1) is 5.34. The van der Waals surface area contributed by atoms with Crippen molar-refractivity contribution in [3.63, 3.8) is 0 Å². The summed E-state index contributed by atoms with van der Waals surface area (Å²) in [5.41, 5.74) is 0. The number of hydrogen-bond acceptors (Lipinski definition) is 1. The predicted molar refractivity (Wildman–Crippen MR) is 35.6 cm³/mol. The zero-order chi connectivity index (χ0) is 9.52. The standard InChI is InChI=1S/C6H9F3N2O/c1-10-3-4(6(7,8)9)11(2)5(10)12/h4H,3H2,1-2H3. The van der Waals surface area contributed by atoms with Gasteiger partial charge in [0.05, 0.1) is 6.54 Å². The van der Waals surface area contributed by atoms with Crippen LogP contribution in [0, 0.1) is 0 Å². The molecule has 1 fully saturated rings. The maximum absolute atomic E-state index is 12.1. The van der Waals surface area contributed by atoms with Gasteiger partial charge in [0.2, 0.25) is 0 Å². The molecule has 0 aromatic rings. The monoisotopic (exact) mass is 182 g/mol. The molecule has 12 heavy (non-hydrogen) atoms. The van der Waals surface area contributed by atoms with Gasteiger partial charge in [-0.1, -0.05) is 0 Å². The second kappa shape index (κ2) is 2.53. The normalized spacial score (nSPS) is 25.4. The van der Waals surface area contributed by atoms with Crippen LogP contribution in [0.5, 0.6) is 0 Å².